The molecule has 98 valence electrons. The van der Waals surface area contributed by atoms with Crippen LogP contribution in [0, 0.1) is 6.92 Å². The minimum Gasteiger partial charge on any atom is -0.397 e. The molecule has 0 atom stereocenters. The summed E-state index contributed by atoms with van der Waals surface area (Å²) in [4.78, 5) is 17.5. The van der Waals surface area contributed by atoms with E-state index in [0.29, 0.717) is 16.7 Å². The molecule has 19 heavy (non-hydrogen) atoms. The van der Waals surface area contributed by atoms with Crippen molar-refractivity contribution in [3.05, 3.63) is 50.1 Å². The summed E-state index contributed by atoms with van der Waals surface area (Å²) in [6, 6.07) is 0. The molecule has 0 saturated heterocycles. The van der Waals surface area contributed by atoms with E-state index in [1.165, 1.54) is 0 Å². The molecule has 3 aromatic rings. The highest BCUT2D eigenvalue weighted by Gasteiger charge is 2.10. The zero-order valence-corrected chi connectivity index (χ0v) is 12.5. The smallest absolute Gasteiger partial charge is 0.265 e. The number of hydrogen-bond donors (Lipinski definition) is 1. The van der Waals surface area contributed by atoms with Crippen LogP contribution in [0.4, 0.5) is 5.69 Å². The number of rotatable bonds is 2. The summed E-state index contributed by atoms with van der Waals surface area (Å²) in [6.07, 6.45) is 5.52. The molecular formula is C12H11BrN4OS. The highest BCUT2D eigenvalue weighted by molar-refractivity contribution is 9.10. The van der Waals surface area contributed by atoms with Gasteiger partial charge >= 0.3 is 0 Å². The molecule has 0 bridgehead atoms. The monoisotopic (exact) mass is 338 g/mol. The average molecular weight is 339 g/mol. The van der Waals surface area contributed by atoms with Crippen LogP contribution in [0.1, 0.15) is 11.3 Å². The van der Waals surface area contributed by atoms with E-state index in [1.807, 2.05) is 29.1 Å². The van der Waals surface area contributed by atoms with Gasteiger partial charge in [0.1, 0.15) is 0 Å². The van der Waals surface area contributed by atoms with Crippen molar-refractivity contribution in [2.75, 3.05) is 5.73 Å². The minimum absolute atomic E-state index is 0.0944. The number of hydrogen-bond acceptors (Lipinski definition) is 4. The van der Waals surface area contributed by atoms with E-state index in [0.717, 1.165) is 16.2 Å². The van der Waals surface area contributed by atoms with Crippen molar-refractivity contribution < 1.29 is 0 Å². The predicted molar refractivity (Wildman–Crippen MR) is 79.7 cm³/mol. The van der Waals surface area contributed by atoms with Crippen LogP contribution < -0.4 is 11.3 Å². The van der Waals surface area contributed by atoms with Gasteiger partial charge in [0.15, 0.2) is 4.96 Å². The zero-order valence-electron chi connectivity index (χ0n) is 10.1. The number of nitrogens with two attached hydrogens (primary N) is 1. The summed E-state index contributed by atoms with van der Waals surface area (Å²) in [7, 11) is 0. The van der Waals surface area contributed by atoms with E-state index >= 15 is 0 Å². The van der Waals surface area contributed by atoms with Crippen LogP contribution >= 0.6 is 27.3 Å². The van der Waals surface area contributed by atoms with Gasteiger partial charge in [-0.1, -0.05) is 0 Å². The number of imidazole rings is 1. The number of anilines is 1. The first-order valence-corrected chi connectivity index (χ1v) is 7.29. The molecule has 0 fully saturated rings. The van der Waals surface area contributed by atoms with Crippen molar-refractivity contribution in [1.29, 1.82) is 0 Å². The Hall–Kier alpha value is -1.60. The van der Waals surface area contributed by atoms with Gasteiger partial charge in [0, 0.05) is 24.0 Å². The fourth-order valence-electron chi connectivity index (χ4n) is 1.88. The van der Waals surface area contributed by atoms with Crippen LogP contribution in [0.3, 0.4) is 0 Å². The number of halogens is 1. The molecule has 5 nitrogen and oxygen atoms in total. The standard InChI is InChI=1S/C12H11BrN4OS/c1-7-9(14)6-17(11(18)10(7)13)5-8-4-16-2-3-19-12(16)15-8/h2-4,6H,5,14H2,1H3. The van der Waals surface area contributed by atoms with Crippen LogP contribution in [0.2, 0.25) is 0 Å². The first-order valence-electron chi connectivity index (χ1n) is 5.62. The molecule has 0 saturated carbocycles. The summed E-state index contributed by atoms with van der Waals surface area (Å²) >= 11 is 4.85. The summed E-state index contributed by atoms with van der Waals surface area (Å²) in [5, 5.41) is 1.97. The Bertz CT molecular complexity index is 788. The summed E-state index contributed by atoms with van der Waals surface area (Å²) in [5.41, 5.74) is 7.99. The molecule has 0 spiro atoms. The van der Waals surface area contributed by atoms with Gasteiger partial charge in [-0.2, -0.15) is 0 Å². The third-order valence-electron chi connectivity index (χ3n) is 2.98. The quantitative estimate of drug-likeness (QED) is 0.779. The Labute approximate surface area is 121 Å². The molecule has 0 aliphatic heterocycles. The molecule has 0 aliphatic rings. The molecule has 0 unspecified atom stereocenters. The van der Waals surface area contributed by atoms with Gasteiger partial charge in [0.25, 0.3) is 5.56 Å². The summed E-state index contributed by atoms with van der Waals surface area (Å²) in [5.74, 6) is 0. The van der Waals surface area contributed by atoms with Gasteiger partial charge in [-0.25, -0.2) is 4.98 Å². The van der Waals surface area contributed by atoms with Crippen LogP contribution in [0.5, 0.6) is 0 Å². The second-order valence-corrected chi connectivity index (χ2v) is 5.95. The number of pyridine rings is 1. The lowest BCUT2D eigenvalue weighted by molar-refractivity contribution is 0.740. The number of nitrogens with zero attached hydrogens (tertiary/aromatic N) is 3. The van der Waals surface area contributed by atoms with Gasteiger partial charge in [-0.15, -0.1) is 11.3 Å². The van der Waals surface area contributed by atoms with E-state index in [1.54, 1.807) is 22.1 Å². The highest BCUT2D eigenvalue weighted by atomic mass is 79.9. The predicted octanol–water partition coefficient (Wildman–Crippen LogP) is 2.26. The largest absolute Gasteiger partial charge is 0.397 e. The van der Waals surface area contributed by atoms with Gasteiger partial charge in [-0.3, -0.25) is 9.20 Å². The van der Waals surface area contributed by atoms with Crippen LogP contribution in [0.15, 0.2) is 33.2 Å². The van der Waals surface area contributed by atoms with Crippen molar-refractivity contribution in [2.45, 2.75) is 13.5 Å². The number of nitrogen functional groups attached to an aromatic ring is 1. The fourth-order valence-corrected chi connectivity index (χ4v) is 3.06. The molecule has 7 heteroatoms. The van der Waals surface area contributed by atoms with Gasteiger partial charge in [0.2, 0.25) is 0 Å². The molecule has 3 heterocycles. The number of aromatic nitrogens is 3. The normalized spacial score (nSPS) is 11.3. The molecule has 2 N–H and O–H groups in total. The second-order valence-electron chi connectivity index (χ2n) is 4.28. The first kappa shape index (κ1) is 12.4. The van der Waals surface area contributed by atoms with Crippen LogP contribution in [-0.2, 0) is 6.54 Å². The lowest BCUT2D eigenvalue weighted by atomic mass is 10.2. The van der Waals surface area contributed by atoms with E-state index in [4.69, 9.17) is 5.73 Å². The zero-order chi connectivity index (χ0) is 13.6. The Morgan fingerprint density at radius 3 is 3.00 bits per heavy atom. The Kier molecular flexibility index (Phi) is 2.94. The van der Waals surface area contributed by atoms with Crippen molar-refractivity contribution >= 4 is 37.9 Å². The fraction of sp³-hybridized carbons (Fsp3) is 0.167. The summed E-state index contributed by atoms with van der Waals surface area (Å²) < 4.78 is 4.02. The molecule has 0 radical (unpaired) electrons. The van der Waals surface area contributed by atoms with E-state index in [9.17, 15) is 4.79 Å². The molecular weight excluding hydrogens is 328 g/mol. The molecule has 3 aromatic heterocycles. The molecule has 0 aromatic carbocycles. The lowest BCUT2D eigenvalue weighted by Gasteiger charge is -2.08. The van der Waals surface area contributed by atoms with Crippen molar-refractivity contribution in [2.24, 2.45) is 0 Å². The second kappa shape index (κ2) is 4.50. The van der Waals surface area contributed by atoms with Crippen LogP contribution in [0.25, 0.3) is 4.96 Å². The number of thiazole rings is 1. The Morgan fingerprint density at radius 1 is 1.47 bits per heavy atom. The van der Waals surface area contributed by atoms with Crippen LogP contribution in [-0.4, -0.2) is 14.0 Å². The van der Waals surface area contributed by atoms with Gasteiger partial charge < -0.3 is 10.3 Å². The Morgan fingerprint density at radius 2 is 2.26 bits per heavy atom. The molecule has 0 aliphatic carbocycles. The SMILES string of the molecule is Cc1c(N)cn(Cc2cn3ccsc3n2)c(=O)c1Br. The lowest BCUT2D eigenvalue weighted by Crippen LogP contribution is -2.22. The highest BCUT2D eigenvalue weighted by Crippen LogP contribution is 2.18. The summed E-state index contributed by atoms with van der Waals surface area (Å²) in [6.45, 7) is 2.23. The van der Waals surface area contributed by atoms with Gasteiger partial charge in [0.05, 0.1) is 22.4 Å². The van der Waals surface area contributed by atoms with Crippen molar-refractivity contribution in [3.63, 3.8) is 0 Å². The maximum Gasteiger partial charge on any atom is 0.265 e. The maximum atomic E-state index is 12.1. The van der Waals surface area contributed by atoms with Crippen molar-refractivity contribution in [3.8, 4) is 0 Å². The first-order chi connectivity index (χ1) is 9.06. The molecule has 0 amide bonds. The minimum atomic E-state index is -0.0944. The molecule has 3 rings (SSSR count). The number of fused-ring (bicyclic) bond motifs is 1. The van der Waals surface area contributed by atoms with Gasteiger partial charge in [-0.05, 0) is 28.4 Å². The topological polar surface area (TPSA) is 65.3 Å². The Balaban J connectivity index is 2.04. The van der Waals surface area contributed by atoms with Crippen molar-refractivity contribution in [1.82, 2.24) is 14.0 Å². The third kappa shape index (κ3) is 2.08. The van der Waals surface area contributed by atoms with E-state index < -0.39 is 0 Å². The average Bonchev–Trinajstić information content (AvgIpc) is 2.94. The third-order valence-corrected chi connectivity index (χ3v) is 4.69. The van der Waals surface area contributed by atoms with E-state index in [2.05, 4.69) is 20.9 Å². The maximum absolute atomic E-state index is 12.1. The van der Waals surface area contributed by atoms with E-state index in [-0.39, 0.29) is 5.56 Å².